The van der Waals surface area contributed by atoms with E-state index in [2.05, 4.69) is 22.2 Å². The molecule has 0 spiro atoms. The SMILES string of the molecule is CN1CCC(Nc2nc3ccccc3cc2CO)CC1. The Labute approximate surface area is 119 Å². The number of likely N-dealkylation sites (tertiary alicyclic amines) is 1. The van der Waals surface area contributed by atoms with Crippen LogP contribution < -0.4 is 5.32 Å². The highest BCUT2D eigenvalue weighted by Gasteiger charge is 2.18. The van der Waals surface area contributed by atoms with Gasteiger partial charge in [0.25, 0.3) is 0 Å². The van der Waals surface area contributed by atoms with Crippen molar-refractivity contribution in [3.8, 4) is 0 Å². The number of benzene rings is 1. The predicted octanol–water partition coefficient (Wildman–Crippen LogP) is 2.23. The Hall–Kier alpha value is -1.65. The van der Waals surface area contributed by atoms with Crippen LogP contribution in [-0.4, -0.2) is 41.2 Å². The van der Waals surface area contributed by atoms with Gasteiger partial charge < -0.3 is 15.3 Å². The van der Waals surface area contributed by atoms with Gasteiger partial charge in [0, 0.05) is 17.0 Å². The Balaban J connectivity index is 1.86. The number of nitrogens with one attached hydrogen (secondary N) is 1. The van der Waals surface area contributed by atoms with Gasteiger partial charge in [-0.15, -0.1) is 0 Å². The molecule has 1 aromatic carbocycles. The van der Waals surface area contributed by atoms with Crippen molar-refractivity contribution in [2.24, 2.45) is 0 Å². The number of hydrogen-bond donors (Lipinski definition) is 2. The molecule has 0 unspecified atom stereocenters. The van der Waals surface area contributed by atoms with E-state index in [0.29, 0.717) is 6.04 Å². The van der Waals surface area contributed by atoms with Gasteiger partial charge in [0.1, 0.15) is 5.82 Å². The number of piperidine rings is 1. The highest BCUT2D eigenvalue weighted by atomic mass is 16.3. The fourth-order valence-electron chi connectivity index (χ4n) is 2.75. The number of aliphatic hydroxyl groups is 1. The first kappa shape index (κ1) is 13.3. The van der Waals surface area contributed by atoms with Crippen LogP contribution in [0.5, 0.6) is 0 Å². The Kier molecular flexibility index (Phi) is 3.85. The molecule has 4 heteroatoms. The van der Waals surface area contributed by atoms with Crippen LogP contribution in [0.4, 0.5) is 5.82 Å². The number of aliphatic hydroxyl groups excluding tert-OH is 1. The van der Waals surface area contributed by atoms with E-state index in [4.69, 9.17) is 0 Å². The average molecular weight is 271 g/mol. The van der Waals surface area contributed by atoms with E-state index in [1.807, 2.05) is 30.3 Å². The van der Waals surface area contributed by atoms with E-state index in [9.17, 15) is 5.11 Å². The molecule has 0 bridgehead atoms. The van der Waals surface area contributed by atoms with E-state index in [-0.39, 0.29) is 6.61 Å². The second kappa shape index (κ2) is 5.77. The standard InChI is InChI=1S/C16H21N3O/c1-19-8-6-14(7-9-19)17-16-13(11-20)10-12-4-2-3-5-15(12)18-16/h2-5,10,14,20H,6-9,11H2,1H3,(H,17,18). The van der Waals surface area contributed by atoms with E-state index >= 15 is 0 Å². The van der Waals surface area contributed by atoms with Crippen molar-refractivity contribution in [1.29, 1.82) is 0 Å². The summed E-state index contributed by atoms with van der Waals surface area (Å²) >= 11 is 0. The van der Waals surface area contributed by atoms with Crippen LogP contribution in [0.1, 0.15) is 18.4 Å². The molecule has 1 saturated heterocycles. The summed E-state index contributed by atoms with van der Waals surface area (Å²) in [6.07, 6.45) is 2.24. The normalized spacial score (nSPS) is 17.5. The summed E-state index contributed by atoms with van der Waals surface area (Å²) in [7, 11) is 2.16. The minimum absolute atomic E-state index is 0.0206. The number of rotatable bonds is 3. The molecule has 0 aliphatic carbocycles. The Bertz CT molecular complexity index is 591. The molecular weight excluding hydrogens is 250 g/mol. The minimum Gasteiger partial charge on any atom is -0.392 e. The van der Waals surface area contributed by atoms with Crippen molar-refractivity contribution in [2.45, 2.75) is 25.5 Å². The zero-order valence-electron chi connectivity index (χ0n) is 11.8. The van der Waals surface area contributed by atoms with Crippen molar-refractivity contribution in [3.63, 3.8) is 0 Å². The fraction of sp³-hybridized carbons (Fsp3) is 0.438. The summed E-state index contributed by atoms with van der Waals surface area (Å²) in [5.41, 5.74) is 1.85. The lowest BCUT2D eigenvalue weighted by molar-refractivity contribution is 0.262. The van der Waals surface area contributed by atoms with Crippen LogP contribution >= 0.6 is 0 Å². The molecule has 1 fully saturated rings. The number of para-hydroxylation sites is 1. The van der Waals surface area contributed by atoms with E-state index in [0.717, 1.165) is 48.2 Å². The predicted molar refractivity (Wildman–Crippen MR) is 81.8 cm³/mol. The van der Waals surface area contributed by atoms with Gasteiger partial charge in [-0.05, 0) is 45.1 Å². The van der Waals surface area contributed by atoms with Crippen molar-refractivity contribution in [2.75, 3.05) is 25.5 Å². The Morgan fingerprint density at radius 3 is 2.80 bits per heavy atom. The number of aromatic nitrogens is 1. The molecule has 0 amide bonds. The van der Waals surface area contributed by atoms with Gasteiger partial charge in [-0.25, -0.2) is 4.98 Å². The van der Waals surface area contributed by atoms with E-state index < -0.39 is 0 Å². The first-order valence-corrected chi connectivity index (χ1v) is 7.21. The van der Waals surface area contributed by atoms with Crippen LogP contribution in [0.15, 0.2) is 30.3 Å². The molecule has 3 rings (SSSR count). The summed E-state index contributed by atoms with van der Waals surface area (Å²) in [6, 6.07) is 10.5. The van der Waals surface area contributed by atoms with E-state index in [1.54, 1.807) is 0 Å². The lowest BCUT2D eigenvalue weighted by Crippen LogP contribution is -2.37. The molecular formula is C16H21N3O. The van der Waals surface area contributed by atoms with Gasteiger partial charge in [0.05, 0.1) is 12.1 Å². The summed E-state index contributed by atoms with van der Waals surface area (Å²) in [6.45, 7) is 2.24. The first-order chi connectivity index (χ1) is 9.76. The smallest absolute Gasteiger partial charge is 0.132 e. The average Bonchev–Trinajstić information content (AvgIpc) is 2.49. The number of anilines is 1. The molecule has 106 valence electrons. The summed E-state index contributed by atoms with van der Waals surface area (Å²) in [4.78, 5) is 7.02. The van der Waals surface area contributed by atoms with E-state index in [1.165, 1.54) is 0 Å². The molecule has 4 nitrogen and oxygen atoms in total. The molecule has 2 N–H and O–H groups in total. The maximum atomic E-state index is 9.56. The largest absolute Gasteiger partial charge is 0.392 e. The van der Waals surface area contributed by atoms with Crippen molar-refractivity contribution in [3.05, 3.63) is 35.9 Å². The number of fused-ring (bicyclic) bond motifs is 1. The van der Waals surface area contributed by atoms with Crippen molar-refractivity contribution >= 4 is 16.7 Å². The second-order valence-electron chi connectivity index (χ2n) is 5.57. The quantitative estimate of drug-likeness (QED) is 0.899. The van der Waals surface area contributed by atoms with Gasteiger partial charge >= 0.3 is 0 Å². The molecule has 1 aliphatic rings. The first-order valence-electron chi connectivity index (χ1n) is 7.21. The number of nitrogens with zero attached hydrogens (tertiary/aromatic N) is 2. The Morgan fingerprint density at radius 2 is 2.05 bits per heavy atom. The molecule has 0 saturated carbocycles. The van der Waals surface area contributed by atoms with Crippen LogP contribution in [-0.2, 0) is 6.61 Å². The third-order valence-electron chi connectivity index (χ3n) is 4.03. The summed E-state index contributed by atoms with van der Waals surface area (Å²) in [5, 5.41) is 14.2. The fourth-order valence-corrected chi connectivity index (χ4v) is 2.75. The van der Waals surface area contributed by atoms with Crippen LogP contribution in [0.25, 0.3) is 10.9 Å². The van der Waals surface area contributed by atoms with Gasteiger partial charge in [0.2, 0.25) is 0 Å². The number of pyridine rings is 1. The van der Waals surface area contributed by atoms with Crippen LogP contribution in [0.2, 0.25) is 0 Å². The molecule has 2 heterocycles. The maximum Gasteiger partial charge on any atom is 0.132 e. The third-order valence-corrected chi connectivity index (χ3v) is 4.03. The van der Waals surface area contributed by atoms with Crippen LogP contribution in [0.3, 0.4) is 0 Å². The molecule has 0 atom stereocenters. The third kappa shape index (κ3) is 2.76. The molecule has 2 aromatic rings. The van der Waals surface area contributed by atoms with Crippen molar-refractivity contribution in [1.82, 2.24) is 9.88 Å². The lowest BCUT2D eigenvalue weighted by atomic mass is 10.0. The highest BCUT2D eigenvalue weighted by Crippen LogP contribution is 2.23. The topological polar surface area (TPSA) is 48.4 Å². The maximum absolute atomic E-state index is 9.56. The van der Waals surface area contributed by atoms with Crippen molar-refractivity contribution < 1.29 is 5.11 Å². The highest BCUT2D eigenvalue weighted by molar-refractivity contribution is 5.81. The lowest BCUT2D eigenvalue weighted by Gasteiger charge is -2.30. The van der Waals surface area contributed by atoms with Gasteiger partial charge in [-0.2, -0.15) is 0 Å². The molecule has 1 aromatic heterocycles. The van der Waals surface area contributed by atoms with Gasteiger partial charge in [0.15, 0.2) is 0 Å². The minimum atomic E-state index is 0.0206. The molecule has 20 heavy (non-hydrogen) atoms. The zero-order valence-corrected chi connectivity index (χ0v) is 11.8. The summed E-state index contributed by atoms with van der Waals surface area (Å²) in [5.74, 6) is 0.834. The second-order valence-corrected chi connectivity index (χ2v) is 5.57. The summed E-state index contributed by atoms with van der Waals surface area (Å²) < 4.78 is 0. The monoisotopic (exact) mass is 271 g/mol. The van der Waals surface area contributed by atoms with Gasteiger partial charge in [-0.1, -0.05) is 18.2 Å². The molecule has 1 aliphatic heterocycles. The Morgan fingerprint density at radius 1 is 1.30 bits per heavy atom. The zero-order chi connectivity index (χ0) is 13.9. The molecule has 0 radical (unpaired) electrons. The number of hydrogen-bond acceptors (Lipinski definition) is 4. The van der Waals surface area contributed by atoms with Crippen LogP contribution in [0, 0.1) is 0 Å². The van der Waals surface area contributed by atoms with Gasteiger partial charge in [-0.3, -0.25) is 0 Å².